The predicted octanol–water partition coefficient (Wildman–Crippen LogP) is 6.85. The fourth-order valence-corrected chi connectivity index (χ4v) is 4.17. The number of carbonyl (C=O) groups excluding carboxylic acids is 1. The van der Waals surface area contributed by atoms with E-state index in [0.717, 1.165) is 33.6 Å². The summed E-state index contributed by atoms with van der Waals surface area (Å²) in [5.41, 5.74) is 5.10. The smallest absolute Gasteiger partial charge is 0.266 e. The standard InChI is InChI=1S/C30H25FN2O2/c1-20-16-24(17-25(18-32)30(34)33-28-11-7-6-10-27(28)31)21(2)29(20)23-12-14-26(15-13-23)35-19-22-8-4-3-5-9-22/h3-17,29H,19H2,1-2H3,(H,33,34)/b25-17-/t29-/m0/s1. The lowest BCUT2D eigenvalue weighted by Crippen LogP contribution is -2.14. The van der Waals surface area contributed by atoms with Gasteiger partial charge in [0.25, 0.3) is 5.91 Å². The van der Waals surface area contributed by atoms with Gasteiger partial charge >= 0.3 is 0 Å². The molecule has 0 unspecified atom stereocenters. The molecule has 0 heterocycles. The van der Waals surface area contributed by atoms with Crippen LogP contribution < -0.4 is 10.1 Å². The van der Waals surface area contributed by atoms with E-state index in [1.54, 1.807) is 12.1 Å². The van der Waals surface area contributed by atoms with Crippen LogP contribution in [0.2, 0.25) is 0 Å². The molecule has 5 heteroatoms. The van der Waals surface area contributed by atoms with Crippen molar-refractivity contribution in [2.45, 2.75) is 26.4 Å². The number of allylic oxidation sites excluding steroid dienone is 5. The van der Waals surface area contributed by atoms with Gasteiger partial charge in [0.1, 0.15) is 29.8 Å². The molecule has 0 radical (unpaired) electrons. The molecule has 35 heavy (non-hydrogen) atoms. The number of halogens is 1. The largest absolute Gasteiger partial charge is 0.489 e. The number of nitriles is 1. The Hall–Kier alpha value is -4.43. The van der Waals surface area contributed by atoms with Gasteiger partial charge in [0, 0.05) is 5.92 Å². The number of benzene rings is 3. The summed E-state index contributed by atoms with van der Waals surface area (Å²) in [6.07, 6.45) is 3.54. The average molecular weight is 465 g/mol. The molecule has 0 saturated carbocycles. The molecular weight excluding hydrogens is 439 g/mol. The minimum Gasteiger partial charge on any atom is -0.489 e. The van der Waals surface area contributed by atoms with Crippen LogP contribution in [-0.2, 0) is 11.4 Å². The number of nitrogens with zero attached hydrogens (tertiary/aromatic N) is 1. The molecule has 0 spiro atoms. The molecule has 0 bridgehead atoms. The van der Waals surface area contributed by atoms with Crippen LogP contribution in [0.25, 0.3) is 0 Å². The van der Waals surface area contributed by atoms with E-state index in [-0.39, 0.29) is 17.2 Å². The van der Waals surface area contributed by atoms with Crippen LogP contribution in [-0.4, -0.2) is 5.91 Å². The topological polar surface area (TPSA) is 62.1 Å². The highest BCUT2D eigenvalue weighted by molar-refractivity contribution is 6.07. The molecule has 174 valence electrons. The first-order chi connectivity index (χ1) is 17.0. The first kappa shape index (κ1) is 23.7. The van der Waals surface area contributed by atoms with Crippen molar-refractivity contribution >= 4 is 11.6 Å². The number of ether oxygens (including phenoxy) is 1. The monoisotopic (exact) mass is 464 g/mol. The molecule has 3 aromatic rings. The first-order valence-corrected chi connectivity index (χ1v) is 11.3. The Morgan fingerprint density at radius 3 is 2.40 bits per heavy atom. The minimum atomic E-state index is -0.646. The molecule has 1 aliphatic carbocycles. The predicted molar refractivity (Wildman–Crippen MR) is 135 cm³/mol. The number of amides is 1. The van der Waals surface area contributed by atoms with E-state index in [9.17, 15) is 14.4 Å². The van der Waals surface area contributed by atoms with Gasteiger partial charge < -0.3 is 10.1 Å². The van der Waals surface area contributed by atoms with E-state index >= 15 is 0 Å². The van der Waals surface area contributed by atoms with Crippen molar-refractivity contribution < 1.29 is 13.9 Å². The van der Waals surface area contributed by atoms with Crippen LogP contribution in [0.3, 0.4) is 0 Å². The van der Waals surface area contributed by atoms with Crippen LogP contribution in [0, 0.1) is 17.1 Å². The second kappa shape index (κ2) is 10.7. The zero-order valence-electron chi connectivity index (χ0n) is 19.6. The summed E-state index contributed by atoms with van der Waals surface area (Å²) in [7, 11) is 0. The number of para-hydroxylation sites is 1. The summed E-state index contributed by atoms with van der Waals surface area (Å²) in [4.78, 5) is 12.6. The van der Waals surface area contributed by atoms with Crippen LogP contribution in [0.5, 0.6) is 5.75 Å². The Bertz CT molecular complexity index is 1360. The third-order valence-corrected chi connectivity index (χ3v) is 5.98. The average Bonchev–Trinajstić information content (AvgIpc) is 3.16. The van der Waals surface area contributed by atoms with Crippen molar-refractivity contribution in [1.29, 1.82) is 5.26 Å². The minimum absolute atomic E-state index is 0.0370. The Kier molecular flexibility index (Phi) is 7.23. The zero-order valence-corrected chi connectivity index (χ0v) is 19.6. The Morgan fingerprint density at radius 1 is 1.03 bits per heavy atom. The van der Waals surface area contributed by atoms with E-state index in [2.05, 4.69) is 5.32 Å². The zero-order chi connectivity index (χ0) is 24.8. The third-order valence-electron chi connectivity index (χ3n) is 5.98. The fraction of sp³-hybridized carbons (Fsp3) is 0.133. The molecule has 1 aliphatic rings. The van der Waals surface area contributed by atoms with E-state index in [0.29, 0.717) is 6.61 Å². The quantitative estimate of drug-likeness (QED) is 0.307. The highest BCUT2D eigenvalue weighted by Crippen LogP contribution is 2.40. The molecule has 1 atom stereocenters. The maximum atomic E-state index is 13.9. The maximum absolute atomic E-state index is 13.9. The van der Waals surface area contributed by atoms with Crippen molar-refractivity contribution in [1.82, 2.24) is 0 Å². The highest BCUT2D eigenvalue weighted by Gasteiger charge is 2.24. The Labute approximate surface area is 204 Å². The van der Waals surface area contributed by atoms with Crippen molar-refractivity contribution in [3.8, 4) is 11.8 Å². The summed E-state index contributed by atoms with van der Waals surface area (Å²) in [5, 5.41) is 12.0. The Morgan fingerprint density at radius 2 is 1.71 bits per heavy atom. The van der Waals surface area contributed by atoms with Gasteiger partial charge in [0.15, 0.2) is 0 Å². The number of carbonyl (C=O) groups is 1. The second-order valence-electron chi connectivity index (χ2n) is 8.41. The molecule has 4 nitrogen and oxygen atoms in total. The van der Waals surface area contributed by atoms with Gasteiger partial charge in [-0.3, -0.25) is 4.79 Å². The lowest BCUT2D eigenvalue weighted by molar-refractivity contribution is -0.112. The normalized spacial score (nSPS) is 15.4. The molecular formula is C30H25FN2O2. The van der Waals surface area contributed by atoms with Crippen LogP contribution in [0.4, 0.5) is 10.1 Å². The van der Waals surface area contributed by atoms with Crippen molar-refractivity contribution in [3.05, 3.63) is 130 Å². The van der Waals surface area contributed by atoms with Gasteiger partial charge in [-0.05, 0) is 60.9 Å². The number of hydrogen-bond donors (Lipinski definition) is 1. The molecule has 0 aliphatic heterocycles. The summed E-state index contributed by atoms with van der Waals surface area (Å²) in [6, 6.07) is 25.8. The fourth-order valence-electron chi connectivity index (χ4n) is 4.17. The van der Waals surface area contributed by atoms with Crippen LogP contribution >= 0.6 is 0 Å². The van der Waals surface area contributed by atoms with Gasteiger partial charge in [0.05, 0.1) is 5.69 Å². The highest BCUT2D eigenvalue weighted by atomic mass is 19.1. The summed E-state index contributed by atoms with van der Waals surface area (Å²) >= 11 is 0. The van der Waals surface area contributed by atoms with E-state index in [1.807, 2.05) is 80.6 Å². The van der Waals surface area contributed by atoms with Gasteiger partial charge in [-0.1, -0.05) is 71.8 Å². The second-order valence-corrected chi connectivity index (χ2v) is 8.41. The summed E-state index contributed by atoms with van der Waals surface area (Å²) in [6.45, 7) is 4.52. The van der Waals surface area contributed by atoms with E-state index in [4.69, 9.17) is 4.74 Å². The molecule has 4 rings (SSSR count). The van der Waals surface area contributed by atoms with Gasteiger partial charge in [-0.25, -0.2) is 4.39 Å². The first-order valence-electron chi connectivity index (χ1n) is 11.3. The maximum Gasteiger partial charge on any atom is 0.266 e. The van der Waals surface area contributed by atoms with E-state index in [1.165, 1.54) is 18.2 Å². The van der Waals surface area contributed by atoms with Crippen molar-refractivity contribution in [2.75, 3.05) is 5.32 Å². The molecule has 0 saturated heterocycles. The lowest BCUT2D eigenvalue weighted by Gasteiger charge is -2.16. The summed E-state index contributed by atoms with van der Waals surface area (Å²) in [5.74, 6) is -0.372. The van der Waals surface area contributed by atoms with E-state index < -0.39 is 11.7 Å². The lowest BCUT2D eigenvalue weighted by atomic mass is 9.89. The SMILES string of the molecule is CC1=CC(/C=C(/C#N)C(=O)Nc2ccccc2F)=C(C)[C@H]1c1ccc(OCc2ccccc2)cc1. The van der Waals surface area contributed by atoms with Gasteiger partial charge in [0.2, 0.25) is 0 Å². The number of anilines is 1. The van der Waals surface area contributed by atoms with Crippen LogP contribution in [0.1, 0.15) is 30.9 Å². The molecule has 1 amide bonds. The molecule has 3 aromatic carbocycles. The number of rotatable bonds is 7. The summed E-state index contributed by atoms with van der Waals surface area (Å²) < 4.78 is 19.8. The third kappa shape index (κ3) is 5.56. The number of nitrogens with one attached hydrogen (secondary N) is 1. The van der Waals surface area contributed by atoms with Crippen molar-refractivity contribution in [3.63, 3.8) is 0 Å². The van der Waals surface area contributed by atoms with Crippen molar-refractivity contribution in [2.24, 2.45) is 0 Å². The molecule has 0 fully saturated rings. The van der Waals surface area contributed by atoms with Gasteiger partial charge in [-0.15, -0.1) is 0 Å². The Balaban J connectivity index is 1.50. The van der Waals surface area contributed by atoms with Gasteiger partial charge in [-0.2, -0.15) is 5.26 Å². The molecule has 0 aromatic heterocycles. The number of hydrogen-bond acceptors (Lipinski definition) is 3. The molecule has 1 N–H and O–H groups in total. The van der Waals surface area contributed by atoms with Crippen LogP contribution in [0.15, 0.2) is 113 Å².